The Morgan fingerprint density at radius 1 is 1.19 bits per heavy atom. The smallest absolute Gasteiger partial charge is 0.119 e. The zero-order valence-corrected chi connectivity index (χ0v) is 13.1. The second kappa shape index (κ2) is 6.37. The summed E-state index contributed by atoms with van der Waals surface area (Å²) in [6.07, 6.45) is 7.50. The Morgan fingerprint density at radius 2 is 1.90 bits per heavy atom. The Hall–Kier alpha value is -1.06. The maximum absolute atomic E-state index is 10.7. The zero-order valence-electron chi connectivity index (χ0n) is 13.1. The Kier molecular flexibility index (Phi) is 4.51. The molecule has 1 atom stereocenters. The van der Waals surface area contributed by atoms with Gasteiger partial charge in [0.25, 0.3) is 0 Å². The Balaban J connectivity index is 1.52. The molecule has 1 unspecified atom stereocenters. The van der Waals surface area contributed by atoms with Gasteiger partial charge in [0, 0.05) is 19.1 Å². The van der Waals surface area contributed by atoms with Gasteiger partial charge in [-0.3, -0.25) is 4.90 Å². The van der Waals surface area contributed by atoms with Gasteiger partial charge in [0.1, 0.15) is 18.0 Å². The van der Waals surface area contributed by atoms with Crippen LogP contribution in [-0.2, 0) is 0 Å². The van der Waals surface area contributed by atoms with E-state index in [2.05, 4.69) is 11.8 Å². The monoisotopic (exact) mass is 289 g/mol. The lowest BCUT2D eigenvalue weighted by molar-refractivity contribution is -0.00117. The number of rotatable bonds is 4. The molecule has 116 valence electrons. The van der Waals surface area contributed by atoms with E-state index in [1.165, 1.54) is 37.7 Å². The van der Waals surface area contributed by atoms with Crippen LogP contribution in [0.3, 0.4) is 0 Å². The molecule has 0 bridgehead atoms. The largest absolute Gasteiger partial charge is 0.491 e. The molecule has 2 fully saturated rings. The van der Waals surface area contributed by atoms with Crippen LogP contribution in [0.25, 0.3) is 0 Å². The van der Waals surface area contributed by atoms with Gasteiger partial charge >= 0.3 is 0 Å². The van der Waals surface area contributed by atoms with Crippen molar-refractivity contribution in [3.8, 4) is 5.75 Å². The van der Waals surface area contributed by atoms with Gasteiger partial charge < -0.3 is 9.84 Å². The number of β-amino-alcohol motifs (C(OH)–C–C–N with tert-alkyl or cyclic N) is 1. The van der Waals surface area contributed by atoms with Crippen molar-refractivity contribution < 1.29 is 9.84 Å². The molecule has 0 radical (unpaired) electrons. The number of hydrogen-bond donors (Lipinski definition) is 1. The molecule has 3 rings (SSSR count). The zero-order chi connectivity index (χ0) is 14.7. The van der Waals surface area contributed by atoms with Crippen molar-refractivity contribution in [2.45, 2.75) is 57.1 Å². The predicted octanol–water partition coefficient (Wildman–Crippen LogP) is 3.14. The quantitative estimate of drug-likeness (QED) is 0.924. The fourth-order valence-corrected chi connectivity index (χ4v) is 3.62. The van der Waals surface area contributed by atoms with E-state index in [0.29, 0.717) is 12.6 Å². The highest BCUT2D eigenvalue weighted by Gasteiger charge is 2.39. The van der Waals surface area contributed by atoms with Crippen molar-refractivity contribution in [2.24, 2.45) is 0 Å². The van der Waals surface area contributed by atoms with Crippen molar-refractivity contribution in [1.29, 1.82) is 0 Å². The van der Waals surface area contributed by atoms with Gasteiger partial charge in [-0.1, -0.05) is 37.0 Å². The second-order valence-electron chi connectivity index (χ2n) is 6.84. The van der Waals surface area contributed by atoms with Gasteiger partial charge in [0.2, 0.25) is 0 Å². The molecule has 0 aromatic heterocycles. The third kappa shape index (κ3) is 3.78. The van der Waals surface area contributed by atoms with Crippen LogP contribution in [0, 0.1) is 6.92 Å². The van der Waals surface area contributed by atoms with Crippen molar-refractivity contribution in [3.63, 3.8) is 0 Å². The molecule has 1 saturated carbocycles. The van der Waals surface area contributed by atoms with Gasteiger partial charge in [0.15, 0.2) is 0 Å². The van der Waals surface area contributed by atoms with E-state index in [1.807, 2.05) is 24.3 Å². The molecular weight excluding hydrogens is 262 g/mol. The van der Waals surface area contributed by atoms with Gasteiger partial charge in [-0.2, -0.15) is 0 Å². The van der Waals surface area contributed by atoms with Gasteiger partial charge in [-0.05, 0) is 38.3 Å². The maximum Gasteiger partial charge on any atom is 0.119 e. The number of aliphatic hydroxyl groups is 1. The first-order chi connectivity index (χ1) is 10.1. The number of aryl methyl sites for hydroxylation is 1. The first kappa shape index (κ1) is 14.9. The molecule has 2 aliphatic rings. The van der Waals surface area contributed by atoms with E-state index in [9.17, 15) is 5.11 Å². The highest BCUT2D eigenvalue weighted by Crippen LogP contribution is 2.30. The van der Waals surface area contributed by atoms with E-state index < -0.39 is 5.60 Å². The summed E-state index contributed by atoms with van der Waals surface area (Å²) < 4.78 is 5.81. The van der Waals surface area contributed by atoms with E-state index in [0.717, 1.165) is 25.3 Å². The molecule has 0 spiro atoms. The van der Waals surface area contributed by atoms with Crippen LogP contribution in [0.15, 0.2) is 24.3 Å². The molecule has 3 heteroatoms. The molecule has 1 saturated heterocycles. The van der Waals surface area contributed by atoms with Crippen LogP contribution in [0.1, 0.15) is 44.1 Å². The van der Waals surface area contributed by atoms with Crippen molar-refractivity contribution in [2.75, 3.05) is 19.7 Å². The number of nitrogens with zero attached hydrogens (tertiary/aromatic N) is 1. The minimum absolute atomic E-state index is 0.402. The lowest BCUT2D eigenvalue weighted by Crippen LogP contribution is -2.42. The molecule has 1 N–H and O–H groups in total. The van der Waals surface area contributed by atoms with E-state index in [1.54, 1.807) is 0 Å². The lowest BCUT2D eigenvalue weighted by Gasteiger charge is -2.32. The van der Waals surface area contributed by atoms with Crippen LogP contribution in [0.2, 0.25) is 0 Å². The van der Waals surface area contributed by atoms with Crippen molar-refractivity contribution in [3.05, 3.63) is 29.8 Å². The maximum atomic E-state index is 10.7. The van der Waals surface area contributed by atoms with Gasteiger partial charge in [0.05, 0.1) is 0 Å². The average molecular weight is 289 g/mol. The van der Waals surface area contributed by atoms with Crippen LogP contribution >= 0.6 is 0 Å². The highest BCUT2D eigenvalue weighted by molar-refractivity contribution is 5.26. The summed E-state index contributed by atoms with van der Waals surface area (Å²) in [5.74, 6) is 0.852. The first-order valence-corrected chi connectivity index (χ1v) is 8.31. The summed E-state index contributed by atoms with van der Waals surface area (Å²) in [5.41, 5.74) is 0.549. The number of benzene rings is 1. The van der Waals surface area contributed by atoms with Crippen molar-refractivity contribution in [1.82, 2.24) is 4.90 Å². The van der Waals surface area contributed by atoms with Crippen LogP contribution in [-0.4, -0.2) is 41.3 Å². The second-order valence-corrected chi connectivity index (χ2v) is 6.84. The summed E-state index contributed by atoms with van der Waals surface area (Å²) in [4.78, 5) is 2.48. The molecule has 1 aliphatic carbocycles. The number of hydrogen-bond acceptors (Lipinski definition) is 3. The summed E-state index contributed by atoms with van der Waals surface area (Å²) in [7, 11) is 0. The summed E-state index contributed by atoms with van der Waals surface area (Å²) in [6.45, 7) is 4.25. The Labute approximate surface area is 127 Å². The van der Waals surface area contributed by atoms with E-state index in [4.69, 9.17) is 4.74 Å². The molecule has 0 amide bonds. The minimum Gasteiger partial charge on any atom is -0.491 e. The fraction of sp³-hybridized carbons (Fsp3) is 0.667. The molecule has 1 heterocycles. The first-order valence-electron chi connectivity index (χ1n) is 8.31. The SMILES string of the molecule is Cc1ccc(OCC2(O)CCN(C3CCCCC3)C2)cc1. The standard InChI is InChI=1S/C18H27NO2/c1-15-7-9-17(10-8-15)21-14-18(20)11-12-19(13-18)16-5-3-2-4-6-16/h7-10,16,20H,2-6,11-14H2,1H3. The Bertz CT molecular complexity index is 453. The summed E-state index contributed by atoms with van der Waals surface area (Å²) >= 11 is 0. The molecule has 3 nitrogen and oxygen atoms in total. The van der Waals surface area contributed by atoms with Crippen molar-refractivity contribution >= 4 is 0 Å². The van der Waals surface area contributed by atoms with Crippen LogP contribution in [0.4, 0.5) is 0 Å². The van der Waals surface area contributed by atoms with E-state index in [-0.39, 0.29) is 0 Å². The van der Waals surface area contributed by atoms with Gasteiger partial charge in [-0.15, -0.1) is 0 Å². The normalized spacial score (nSPS) is 27.9. The average Bonchev–Trinajstić information content (AvgIpc) is 2.91. The summed E-state index contributed by atoms with van der Waals surface area (Å²) in [5, 5.41) is 10.7. The molecule has 1 aromatic rings. The third-order valence-corrected chi connectivity index (χ3v) is 4.98. The fourth-order valence-electron chi connectivity index (χ4n) is 3.62. The molecule has 1 aromatic carbocycles. The predicted molar refractivity (Wildman–Crippen MR) is 84.7 cm³/mol. The Morgan fingerprint density at radius 3 is 2.62 bits per heavy atom. The highest BCUT2D eigenvalue weighted by atomic mass is 16.5. The topological polar surface area (TPSA) is 32.7 Å². The van der Waals surface area contributed by atoms with Crippen LogP contribution < -0.4 is 4.74 Å². The van der Waals surface area contributed by atoms with Crippen LogP contribution in [0.5, 0.6) is 5.75 Å². The van der Waals surface area contributed by atoms with Gasteiger partial charge in [-0.25, -0.2) is 0 Å². The third-order valence-electron chi connectivity index (χ3n) is 4.98. The molecule has 1 aliphatic heterocycles. The van der Waals surface area contributed by atoms with E-state index >= 15 is 0 Å². The molecular formula is C18H27NO2. The number of ether oxygens (including phenoxy) is 1. The minimum atomic E-state index is -0.678. The molecule has 21 heavy (non-hydrogen) atoms. The summed E-state index contributed by atoms with van der Waals surface area (Å²) in [6, 6.07) is 8.73. The number of likely N-dealkylation sites (tertiary alicyclic amines) is 1. The lowest BCUT2D eigenvalue weighted by atomic mass is 9.94.